The van der Waals surface area contributed by atoms with Crippen molar-refractivity contribution >= 4 is 5.97 Å². The third-order valence-electron chi connectivity index (χ3n) is 5.66. The van der Waals surface area contributed by atoms with Crippen molar-refractivity contribution in [3.63, 3.8) is 0 Å². The number of benzene rings is 3. The lowest BCUT2D eigenvalue weighted by Gasteiger charge is -2.14. The highest BCUT2D eigenvalue weighted by atomic mass is 16.5. The lowest BCUT2D eigenvalue weighted by molar-refractivity contribution is -0.138. The van der Waals surface area contributed by atoms with Crippen LogP contribution >= 0.6 is 0 Å². The number of ether oxygens (including phenoxy) is 1. The van der Waals surface area contributed by atoms with E-state index in [9.17, 15) is 4.79 Å². The number of carbonyl (C=O) groups is 1. The molecule has 3 aromatic rings. The minimum Gasteiger partial charge on any atom is -0.458 e. The minimum atomic E-state index is -0.434. The molecule has 0 amide bonds. The molecule has 3 aromatic carbocycles. The van der Waals surface area contributed by atoms with Crippen LogP contribution in [0.15, 0.2) is 79.4 Å². The predicted octanol–water partition coefficient (Wildman–Crippen LogP) is 6.52. The number of aryl methyl sites for hydroxylation is 1. The average molecular weight is 429 g/mol. The summed E-state index contributed by atoms with van der Waals surface area (Å²) in [6.07, 6.45) is 6.65. The van der Waals surface area contributed by atoms with E-state index in [1.54, 1.807) is 0 Å². The van der Waals surface area contributed by atoms with Crippen molar-refractivity contribution in [2.24, 2.45) is 0 Å². The summed E-state index contributed by atoms with van der Waals surface area (Å²) in [7, 11) is 0. The van der Waals surface area contributed by atoms with E-state index in [1.807, 2.05) is 24.3 Å². The molecular formula is C29H32O3. The van der Waals surface area contributed by atoms with Gasteiger partial charge < -0.3 is 9.84 Å². The Hall–Kier alpha value is -3.17. The van der Waals surface area contributed by atoms with Crippen molar-refractivity contribution in [3.8, 4) is 22.3 Å². The Balaban J connectivity index is 1.88. The van der Waals surface area contributed by atoms with E-state index >= 15 is 0 Å². The normalized spacial score (nSPS) is 10.7. The largest absolute Gasteiger partial charge is 0.458 e. The molecule has 0 aromatic heterocycles. The van der Waals surface area contributed by atoms with E-state index in [0.29, 0.717) is 6.42 Å². The molecule has 3 nitrogen and oxygen atoms in total. The maximum absolute atomic E-state index is 11.7. The van der Waals surface area contributed by atoms with Gasteiger partial charge in [-0.1, -0.05) is 87.0 Å². The van der Waals surface area contributed by atoms with Gasteiger partial charge in [0.25, 0.3) is 0 Å². The molecule has 0 bridgehead atoms. The molecule has 0 saturated heterocycles. The number of aliphatic hydroxyl groups is 1. The molecule has 0 heterocycles. The van der Waals surface area contributed by atoms with Gasteiger partial charge in [0.15, 0.2) is 0 Å². The molecule has 0 radical (unpaired) electrons. The molecule has 3 rings (SSSR count). The standard InChI is InChI=1S/C29H32O3/c1-3-5-6-7-22-8-12-24(13-9-22)26-16-17-28(27(20-26)21-32-29(31)4-2)25-14-10-23(11-15-25)18-19-30/h4,8-17,20,30H,2-3,5-7,18-19,21H2,1H3. The Labute approximate surface area is 191 Å². The summed E-state index contributed by atoms with van der Waals surface area (Å²) in [5.74, 6) is -0.434. The Morgan fingerprint density at radius 2 is 1.50 bits per heavy atom. The fraction of sp³-hybridized carbons (Fsp3) is 0.276. The minimum absolute atomic E-state index is 0.133. The van der Waals surface area contributed by atoms with E-state index in [-0.39, 0.29) is 13.2 Å². The van der Waals surface area contributed by atoms with E-state index in [0.717, 1.165) is 39.8 Å². The van der Waals surface area contributed by atoms with Crippen LogP contribution in [0.2, 0.25) is 0 Å². The summed E-state index contributed by atoms with van der Waals surface area (Å²) in [4.78, 5) is 11.7. The maximum Gasteiger partial charge on any atom is 0.330 e. The summed E-state index contributed by atoms with van der Waals surface area (Å²) in [5.41, 5.74) is 7.71. The molecule has 166 valence electrons. The van der Waals surface area contributed by atoms with Crippen LogP contribution in [0.25, 0.3) is 22.3 Å². The monoisotopic (exact) mass is 428 g/mol. The van der Waals surface area contributed by atoms with Gasteiger partial charge in [-0.05, 0) is 64.3 Å². The topological polar surface area (TPSA) is 46.5 Å². The first kappa shape index (κ1) is 23.5. The molecule has 0 aliphatic carbocycles. The number of unbranched alkanes of at least 4 members (excludes halogenated alkanes) is 2. The fourth-order valence-electron chi connectivity index (χ4n) is 3.81. The second kappa shape index (κ2) is 12.0. The van der Waals surface area contributed by atoms with Gasteiger partial charge in [-0.2, -0.15) is 0 Å². The van der Waals surface area contributed by atoms with Gasteiger partial charge >= 0.3 is 5.97 Å². The van der Waals surface area contributed by atoms with E-state index in [4.69, 9.17) is 9.84 Å². The van der Waals surface area contributed by atoms with Crippen LogP contribution < -0.4 is 0 Å². The highest BCUT2D eigenvalue weighted by Gasteiger charge is 2.10. The van der Waals surface area contributed by atoms with Gasteiger partial charge in [-0.25, -0.2) is 4.79 Å². The number of carbonyl (C=O) groups excluding carboxylic acids is 1. The molecule has 0 spiro atoms. The SMILES string of the molecule is C=CC(=O)OCc1cc(-c2ccc(CCCCC)cc2)ccc1-c1ccc(CCO)cc1. The zero-order chi connectivity index (χ0) is 22.8. The van der Waals surface area contributed by atoms with Gasteiger partial charge in [-0.15, -0.1) is 0 Å². The average Bonchev–Trinajstić information content (AvgIpc) is 2.84. The van der Waals surface area contributed by atoms with Gasteiger partial charge in [0.1, 0.15) is 6.61 Å². The van der Waals surface area contributed by atoms with Crippen LogP contribution in [0.1, 0.15) is 42.9 Å². The van der Waals surface area contributed by atoms with E-state index in [1.165, 1.54) is 30.9 Å². The molecule has 0 aliphatic rings. The second-order valence-corrected chi connectivity index (χ2v) is 8.01. The third-order valence-corrected chi connectivity index (χ3v) is 5.66. The molecule has 32 heavy (non-hydrogen) atoms. The fourth-order valence-corrected chi connectivity index (χ4v) is 3.81. The molecule has 1 N–H and O–H groups in total. The zero-order valence-corrected chi connectivity index (χ0v) is 18.8. The quantitative estimate of drug-likeness (QED) is 0.215. The number of hydrogen-bond donors (Lipinski definition) is 1. The molecule has 0 aliphatic heterocycles. The summed E-state index contributed by atoms with van der Waals surface area (Å²) in [5, 5.41) is 9.15. The predicted molar refractivity (Wildman–Crippen MR) is 131 cm³/mol. The van der Waals surface area contributed by atoms with Crippen molar-refractivity contribution in [1.82, 2.24) is 0 Å². The molecule has 0 atom stereocenters. The lowest BCUT2D eigenvalue weighted by Crippen LogP contribution is -2.02. The van der Waals surface area contributed by atoms with E-state index in [2.05, 4.69) is 56.0 Å². The lowest BCUT2D eigenvalue weighted by atomic mass is 9.94. The van der Waals surface area contributed by atoms with Crippen LogP contribution in [-0.4, -0.2) is 17.7 Å². The van der Waals surface area contributed by atoms with Crippen LogP contribution in [-0.2, 0) is 29.0 Å². The van der Waals surface area contributed by atoms with Gasteiger partial charge in [0, 0.05) is 12.7 Å². The number of esters is 1. The highest BCUT2D eigenvalue weighted by Crippen LogP contribution is 2.30. The summed E-state index contributed by atoms with van der Waals surface area (Å²) in [6, 6.07) is 23.2. The number of rotatable bonds is 11. The van der Waals surface area contributed by atoms with Gasteiger partial charge in [0.05, 0.1) is 0 Å². The Bertz CT molecular complexity index is 1020. The van der Waals surface area contributed by atoms with Crippen LogP contribution in [0.5, 0.6) is 0 Å². The van der Waals surface area contributed by atoms with Crippen molar-refractivity contribution in [2.45, 2.75) is 45.6 Å². The van der Waals surface area contributed by atoms with Crippen LogP contribution in [0, 0.1) is 0 Å². The second-order valence-electron chi connectivity index (χ2n) is 8.01. The number of hydrogen-bond acceptors (Lipinski definition) is 3. The molecular weight excluding hydrogens is 396 g/mol. The van der Waals surface area contributed by atoms with Gasteiger partial charge in [0.2, 0.25) is 0 Å². The van der Waals surface area contributed by atoms with Gasteiger partial charge in [-0.3, -0.25) is 0 Å². The van der Waals surface area contributed by atoms with Crippen molar-refractivity contribution in [2.75, 3.05) is 6.61 Å². The van der Waals surface area contributed by atoms with Crippen molar-refractivity contribution < 1.29 is 14.6 Å². The van der Waals surface area contributed by atoms with Crippen molar-refractivity contribution in [3.05, 3.63) is 96.1 Å². The third kappa shape index (κ3) is 6.41. The Kier molecular flexibility index (Phi) is 8.82. The first-order chi connectivity index (χ1) is 15.6. The zero-order valence-electron chi connectivity index (χ0n) is 18.8. The van der Waals surface area contributed by atoms with Crippen LogP contribution in [0.3, 0.4) is 0 Å². The van der Waals surface area contributed by atoms with Crippen molar-refractivity contribution in [1.29, 1.82) is 0 Å². The molecule has 0 saturated carbocycles. The Morgan fingerprint density at radius 3 is 2.12 bits per heavy atom. The Morgan fingerprint density at radius 1 is 0.875 bits per heavy atom. The first-order valence-corrected chi connectivity index (χ1v) is 11.4. The highest BCUT2D eigenvalue weighted by molar-refractivity contribution is 5.81. The smallest absolute Gasteiger partial charge is 0.330 e. The maximum atomic E-state index is 11.7. The summed E-state index contributed by atoms with van der Waals surface area (Å²) < 4.78 is 5.38. The summed E-state index contributed by atoms with van der Waals surface area (Å²) >= 11 is 0. The molecule has 0 fully saturated rings. The molecule has 0 unspecified atom stereocenters. The first-order valence-electron chi connectivity index (χ1n) is 11.4. The summed E-state index contributed by atoms with van der Waals surface area (Å²) in [6.45, 7) is 6.02. The molecule has 3 heteroatoms. The van der Waals surface area contributed by atoms with E-state index < -0.39 is 5.97 Å². The number of aliphatic hydroxyl groups excluding tert-OH is 1. The van der Waals surface area contributed by atoms with Crippen LogP contribution in [0.4, 0.5) is 0 Å².